The summed E-state index contributed by atoms with van der Waals surface area (Å²) in [6.07, 6.45) is 3.09. The van der Waals surface area contributed by atoms with Crippen LogP contribution in [0.3, 0.4) is 0 Å². The number of nitrogens with zero attached hydrogens (tertiary/aromatic N) is 2. The molecule has 2 aromatic rings. The third kappa shape index (κ3) is 2.27. The molecule has 0 spiro atoms. The molecule has 0 bridgehead atoms. The van der Waals surface area contributed by atoms with E-state index in [0.717, 1.165) is 23.9 Å². The minimum absolute atomic E-state index is 0.0983. The average Bonchev–Trinajstić information content (AvgIpc) is 2.27. The summed E-state index contributed by atoms with van der Waals surface area (Å²) in [7, 11) is 0. The number of rotatable bonds is 2. The fraction of sp³-hybridized carbons (Fsp3) is 0. The highest BCUT2D eigenvalue weighted by atomic mass is 32.2. The van der Waals surface area contributed by atoms with Gasteiger partial charge in [-0.15, -0.1) is 0 Å². The van der Waals surface area contributed by atoms with E-state index in [1.54, 1.807) is 18.5 Å². The van der Waals surface area contributed by atoms with Crippen LogP contribution in [0.5, 0.6) is 0 Å². The Balaban J connectivity index is 2.35. The lowest BCUT2D eigenvalue weighted by molar-refractivity contribution is 0.581. The lowest BCUT2D eigenvalue weighted by Gasteiger charge is -2.04. The van der Waals surface area contributed by atoms with Crippen molar-refractivity contribution in [2.75, 3.05) is 5.73 Å². The summed E-state index contributed by atoms with van der Waals surface area (Å²) in [5.74, 6) is -1.46. The number of halogens is 2. The Bertz CT molecular complexity index is 505. The molecule has 0 atom stereocenters. The lowest BCUT2D eigenvalue weighted by Crippen LogP contribution is -1.95. The summed E-state index contributed by atoms with van der Waals surface area (Å²) in [6.45, 7) is 0. The average molecular weight is 239 g/mol. The van der Waals surface area contributed by atoms with Crippen LogP contribution in [0.4, 0.5) is 14.5 Å². The molecule has 0 saturated carbocycles. The standard InChI is InChI=1S/C10H7F2N3S/c11-6-4-7(12)9(13)8(5-6)16-10-14-2-1-3-15-10/h1-5H,13H2. The van der Waals surface area contributed by atoms with Gasteiger partial charge >= 0.3 is 0 Å². The minimum Gasteiger partial charge on any atom is -0.395 e. The third-order valence-corrected chi connectivity index (χ3v) is 2.75. The van der Waals surface area contributed by atoms with Crippen LogP contribution >= 0.6 is 11.8 Å². The predicted octanol–water partition coefficient (Wildman–Crippen LogP) is 2.49. The topological polar surface area (TPSA) is 51.8 Å². The number of benzene rings is 1. The second kappa shape index (κ2) is 4.44. The molecule has 1 aromatic heterocycles. The van der Waals surface area contributed by atoms with Gasteiger partial charge in [-0.25, -0.2) is 18.7 Å². The van der Waals surface area contributed by atoms with Crippen molar-refractivity contribution < 1.29 is 8.78 Å². The quantitative estimate of drug-likeness (QED) is 0.646. The number of aromatic nitrogens is 2. The van der Waals surface area contributed by atoms with E-state index in [4.69, 9.17) is 5.73 Å². The highest BCUT2D eigenvalue weighted by molar-refractivity contribution is 7.99. The molecule has 0 aliphatic rings. The van der Waals surface area contributed by atoms with Gasteiger partial charge in [0, 0.05) is 23.4 Å². The lowest BCUT2D eigenvalue weighted by atomic mass is 10.3. The number of nitrogens with two attached hydrogens (primary N) is 1. The summed E-state index contributed by atoms with van der Waals surface area (Å²) in [5.41, 5.74) is 5.38. The first kappa shape index (κ1) is 10.8. The van der Waals surface area contributed by atoms with Crippen LogP contribution in [-0.4, -0.2) is 9.97 Å². The zero-order chi connectivity index (χ0) is 11.5. The monoisotopic (exact) mass is 239 g/mol. The Hall–Kier alpha value is -1.69. The summed E-state index contributed by atoms with van der Waals surface area (Å²) < 4.78 is 26.1. The van der Waals surface area contributed by atoms with E-state index in [1.165, 1.54) is 0 Å². The molecule has 3 nitrogen and oxygen atoms in total. The summed E-state index contributed by atoms with van der Waals surface area (Å²) >= 11 is 1.02. The van der Waals surface area contributed by atoms with Gasteiger partial charge in [0.1, 0.15) is 11.6 Å². The zero-order valence-corrected chi connectivity index (χ0v) is 8.84. The van der Waals surface area contributed by atoms with Crippen LogP contribution in [0, 0.1) is 11.6 Å². The molecule has 6 heteroatoms. The molecule has 0 radical (unpaired) electrons. The first-order valence-corrected chi connectivity index (χ1v) is 5.18. The Morgan fingerprint density at radius 3 is 2.50 bits per heavy atom. The largest absolute Gasteiger partial charge is 0.395 e. The van der Waals surface area contributed by atoms with Gasteiger partial charge < -0.3 is 5.73 Å². The Kier molecular flexibility index (Phi) is 3.00. The van der Waals surface area contributed by atoms with Crippen molar-refractivity contribution in [3.05, 3.63) is 42.2 Å². The van der Waals surface area contributed by atoms with Gasteiger partial charge in [0.25, 0.3) is 0 Å². The van der Waals surface area contributed by atoms with Gasteiger partial charge in [-0.2, -0.15) is 0 Å². The molecule has 82 valence electrons. The van der Waals surface area contributed by atoms with Crippen molar-refractivity contribution in [1.29, 1.82) is 0 Å². The maximum absolute atomic E-state index is 13.1. The molecule has 0 saturated heterocycles. The maximum Gasteiger partial charge on any atom is 0.192 e. The van der Waals surface area contributed by atoms with E-state index in [0.29, 0.717) is 5.16 Å². The number of hydrogen-bond donors (Lipinski definition) is 1. The van der Waals surface area contributed by atoms with Crippen LogP contribution in [0.25, 0.3) is 0 Å². The Labute approximate surface area is 94.7 Å². The molecule has 0 aliphatic heterocycles. The number of nitrogen functional groups attached to an aromatic ring is 1. The number of anilines is 1. The molecule has 0 fully saturated rings. The smallest absolute Gasteiger partial charge is 0.192 e. The van der Waals surface area contributed by atoms with Crippen molar-refractivity contribution in [2.45, 2.75) is 10.1 Å². The van der Waals surface area contributed by atoms with E-state index in [2.05, 4.69) is 9.97 Å². The molecule has 2 rings (SSSR count). The van der Waals surface area contributed by atoms with Gasteiger partial charge in [-0.3, -0.25) is 0 Å². The molecule has 16 heavy (non-hydrogen) atoms. The fourth-order valence-corrected chi connectivity index (χ4v) is 1.88. The van der Waals surface area contributed by atoms with Crippen LogP contribution in [0.2, 0.25) is 0 Å². The molecular weight excluding hydrogens is 232 g/mol. The minimum atomic E-state index is -0.779. The summed E-state index contributed by atoms with van der Waals surface area (Å²) in [5, 5.41) is 0.388. The van der Waals surface area contributed by atoms with Gasteiger partial charge in [-0.05, 0) is 23.9 Å². The maximum atomic E-state index is 13.1. The number of hydrogen-bond acceptors (Lipinski definition) is 4. The van der Waals surface area contributed by atoms with E-state index in [-0.39, 0.29) is 10.6 Å². The van der Waals surface area contributed by atoms with E-state index >= 15 is 0 Å². The van der Waals surface area contributed by atoms with Crippen molar-refractivity contribution in [2.24, 2.45) is 0 Å². The molecule has 0 aliphatic carbocycles. The van der Waals surface area contributed by atoms with Crippen molar-refractivity contribution in [3.63, 3.8) is 0 Å². The first-order chi connectivity index (χ1) is 7.66. The van der Waals surface area contributed by atoms with Gasteiger partial charge in [-0.1, -0.05) is 0 Å². The second-order valence-corrected chi connectivity index (χ2v) is 3.94. The summed E-state index contributed by atoms with van der Waals surface area (Å²) in [4.78, 5) is 8.12. The van der Waals surface area contributed by atoms with Crippen LogP contribution in [0.15, 0.2) is 40.6 Å². The highest BCUT2D eigenvalue weighted by Crippen LogP contribution is 2.31. The summed E-state index contributed by atoms with van der Waals surface area (Å²) in [6, 6.07) is 3.55. The molecule has 1 heterocycles. The predicted molar refractivity (Wildman–Crippen MR) is 56.9 cm³/mol. The fourth-order valence-electron chi connectivity index (χ4n) is 1.08. The second-order valence-electron chi connectivity index (χ2n) is 2.93. The Morgan fingerprint density at radius 1 is 1.12 bits per heavy atom. The third-order valence-electron chi connectivity index (χ3n) is 1.80. The molecule has 0 amide bonds. The molecule has 2 N–H and O–H groups in total. The highest BCUT2D eigenvalue weighted by Gasteiger charge is 2.10. The normalized spacial score (nSPS) is 10.4. The van der Waals surface area contributed by atoms with Gasteiger partial charge in [0.15, 0.2) is 5.16 Å². The van der Waals surface area contributed by atoms with Crippen LogP contribution in [-0.2, 0) is 0 Å². The Morgan fingerprint density at radius 2 is 1.81 bits per heavy atom. The van der Waals surface area contributed by atoms with Crippen molar-refractivity contribution in [3.8, 4) is 0 Å². The van der Waals surface area contributed by atoms with E-state index in [1.807, 2.05) is 0 Å². The van der Waals surface area contributed by atoms with E-state index in [9.17, 15) is 8.78 Å². The van der Waals surface area contributed by atoms with Gasteiger partial charge in [0.2, 0.25) is 0 Å². The zero-order valence-electron chi connectivity index (χ0n) is 8.02. The van der Waals surface area contributed by atoms with E-state index < -0.39 is 11.6 Å². The van der Waals surface area contributed by atoms with Crippen molar-refractivity contribution >= 4 is 17.4 Å². The van der Waals surface area contributed by atoms with Crippen LogP contribution < -0.4 is 5.73 Å². The van der Waals surface area contributed by atoms with Crippen LogP contribution in [0.1, 0.15) is 0 Å². The molecule has 0 unspecified atom stereocenters. The van der Waals surface area contributed by atoms with Crippen molar-refractivity contribution in [1.82, 2.24) is 9.97 Å². The molecule has 1 aromatic carbocycles. The van der Waals surface area contributed by atoms with Gasteiger partial charge in [0.05, 0.1) is 5.69 Å². The molecular formula is C10H7F2N3S. The SMILES string of the molecule is Nc1c(F)cc(F)cc1Sc1ncccn1. The first-order valence-electron chi connectivity index (χ1n) is 4.36.